The van der Waals surface area contributed by atoms with E-state index in [0.717, 1.165) is 30.2 Å². The molecule has 1 aliphatic rings. The number of halogens is 3. The fraction of sp³-hybridized carbons (Fsp3) is 0.533. The highest BCUT2D eigenvalue weighted by Gasteiger charge is 2.29. The van der Waals surface area contributed by atoms with Gasteiger partial charge in [0.05, 0.1) is 13.7 Å². The number of nitrogens with two attached hydrogens (primary N) is 1. The van der Waals surface area contributed by atoms with E-state index in [4.69, 9.17) is 15.2 Å². The van der Waals surface area contributed by atoms with Crippen molar-refractivity contribution in [2.45, 2.75) is 12.7 Å². The zero-order chi connectivity index (χ0) is 17.6. The van der Waals surface area contributed by atoms with Crippen LogP contribution in [0, 0.1) is 0 Å². The minimum Gasteiger partial charge on any atom is -0.493 e. The molecular weight excluding hydrogens is 343 g/mol. The summed E-state index contributed by atoms with van der Waals surface area (Å²) in [7, 11) is 1.38. The van der Waals surface area contributed by atoms with Crippen LogP contribution in [0.15, 0.2) is 23.2 Å². The van der Waals surface area contributed by atoms with E-state index in [-0.39, 0.29) is 11.5 Å². The molecule has 1 fully saturated rings. The lowest BCUT2D eigenvalue weighted by Gasteiger charge is -2.27. The maximum Gasteiger partial charge on any atom is 0.422 e. The van der Waals surface area contributed by atoms with E-state index in [1.165, 1.54) is 13.2 Å². The Bertz CT molecular complexity index is 576. The number of guanidine groups is 1. The van der Waals surface area contributed by atoms with Gasteiger partial charge >= 0.3 is 6.18 Å². The fourth-order valence-corrected chi connectivity index (χ4v) is 3.06. The number of rotatable bonds is 5. The summed E-state index contributed by atoms with van der Waals surface area (Å²) in [6.07, 6.45) is -4.39. The molecule has 1 aromatic carbocycles. The SMILES string of the molecule is COc1cc(CN=C(N)N2CCSCC2)ccc1OCC(F)(F)F. The van der Waals surface area contributed by atoms with Gasteiger partial charge in [0.1, 0.15) is 0 Å². The summed E-state index contributed by atoms with van der Waals surface area (Å²) in [6.45, 7) is 0.702. The van der Waals surface area contributed by atoms with Gasteiger partial charge < -0.3 is 20.1 Å². The third-order valence-electron chi connectivity index (χ3n) is 3.38. The summed E-state index contributed by atoms with van der Waals surface area (Å²) >= 11 is 1.88. The second kappa shape index (κ2) is 8.36. The predicted molar refractivity (Wildman–Crippen MR) is 88.8 cm³/mol. The molecule has 9 heteroatoms. The van der Waals surface area contributed by atoms with Gasteiger partial charge in [0.25, 0.3) is 0 Å². The van der Waals surface area contributed by atoms with Gasteiger partial charge in [0.15, 0.2) is 24.1 Å². The van der Waals surface area contributed by atoms with Crippen LogP contribution in [0.2, 0.25) is 0 Å². The van der Waals surface area contributed by atoms with Crippen LogP contribution in [-0.4, -0.2) is 55.3 Å². The Morgan fingerprint density at radius 1 is 1.29 bits per heavy atom. The topological polar surface area (TPSA) is 60.1 Å². The average molecular weight is 363 g/mol. The van der Waals surface area contributed by atoms with Gasteiger partial charge in [0, 0.05) is 24.6 Å². The van der Waals surface area contributed by atoms with Crippen molar-refractivity contribution in [1.29, 1.82) is 0 Å². The summed E-state index contributed by atoms with van der Waals surface area (Å²) in [5.74, 6) is 2.81. The Morgan fingerprint density at radius 2 is 2.00 bits per heavy atom. The van der Waals surface area contributed by atoms with E-state index in [0.29, 0.717) is 12.5 Å². The van der Waals surface area contributed by atoms with Gasteiger partial charge in [0.2, 0.25) is 0 Å². The first-order chi connectivity index (χ1) is 11.4. The predicted octanol–water partition coefficient (Wildman–Crippen LogP) is 2.50. The van der Waals surface area contributed by atoms with Crippen LogP contribution in [-0.2, 0) is 6.54 Å². The van der Waals surface area contributed by atoms with Crippen LogP contribution in [0.1, 0.15) is 5.56 Å². The van der Waals surface area contributed by atoms with Gasteiger partial charge in [-0.05, 0) is 17.7 Å². The number of hydrogen-bond acceptors (Lipinski definition) is 4. The highest BCUT2D eigenvalue weighted by molar-refractivity contribution is 7.99. The zero-order valence-electron chi connectivity index (χ0n) is 13.3. The first-order valence-corrected chi connectivity index (χ1v) is 8.53. The number of thioether (sulfide) groups is 1. The summed E-state index contributed by atoms with van der Waals surface area (Å²) in [5.41, 5.74) is 6.76. The molecule has 0 aromatic heterocycles. The van der Waals surface area contributed by atoms with E-state index >= 15 is 0 Å². The Hall–Kier alpha value is -1.77. The summed E-state index contributed by atoms with van der Waals surface area (Å²) in [4.78, 5) is 6.37. The summed E-state index contributed by atoms with van der Waals surface area (Å²) < 4.78 is 46.6. The third kappa shape index (κ3) is 5.70. The second-order valence-corrected chi connectivity index (χ2v) is 6.39. The molecule has 0 atom stereocenters. The molecule has 134 valence electrons. The Morgan fingerprint density at radius 3 is 2.62 bits per heavy atom. The Kier molecular flexibility index (Phi) is 6.47. The van der Waals surface area contributed by atoms with Crippen LogP contribution in [0.4, 0.5) is 13.2 Å². The molecule has 0 spiro atoms. The Labute approximate surface area is 143 Å². The molecule has 2 N–H and O–H groups in total. The third-order valence-corrected chi connectivity index (χ3v) is 4.32. The monoisotopic (exact) mass is 363 g/mol. The van der Waals surface area contributed by atoms with Crippen molar-refractivity contribution in [2.24, 2.45) is 10.7 Å². The van der Waals surface area contributed by atoms with Crippen molar-refractivity contribution in [3.63, 3.8) is 0 Å². The molecule has 0 radical (unpaired) electrons. The molecule has 0 unspecified atom stereocenters. The zero-order valence-corrected chi connectivity index (χ0v) is 14.1. The first kappa shape index (κ1) is 18.6. The van der Waals surface area contributed by atoms with Crippen molar-refractivity contribution in [1.82, 2.24) is 4.90 Å². The van der Waals surface area contributed by atoms with Crippen LogP contribution in [0.3, 0.4) is 0 Å². The van der Waals surface area contributed by atoms with Gasteiger partial charge in [-0.15, -0.1) is 0 Å². The second-order valence-electron chi connectivity index (χ2n) is 5.16. The van der Waals surface area contributed by atoms with E-state index in [1.807, 2.05) is 16.7 Å². The van der Waals surface area contributed by atoms with E-state index in [2.05, 4.69) is 4.99 Å². The molecule has 1 aromatic rings. The van der Waals surface area contributed by atoms with Crippen molar-refractivity contribution >= 4 is 17.7 Å². The lowest BCUT2D eigenvalue weighted by Crippen LogP contribution is -2.42. The normalized spacial score (nSPS) is 16.2. The molecule has 0 amide bonds. The van der Waals surface area contributed by atoms with Gasteiger partial charge in [-0.2, -0.15) is 24.9 Å². The standard InChI is InChI=1S/C15H20F3N3O2S/c1-22-13-8-11(2-3-12(13)23-10-15(16,17)18)9-20-14(19)21-4-6-24-7-5-21/h2-3,8H,4-7,9-10H2,1H3,(H2,19,20). The smallest absolute Gasteiger partial charge is 0.422 e. The molecule has 0 bridgehead atoms. The molecule has 1 saturated heterocycles. The van der Waals surface area contributed by atoms with E-state index in [1.54, 1.807) is 12.1 Å². The van der Waals surface area contributed by atoms with E-state index in [9.17, 15) is 13.2 Å². The number of hydrogen-bond donors (Lipinski definition) is 1. The highest BCUT2D eigenvalue weighted by Crippen LogP contribution is 2.30. The van der Waals surface area contributed by atoms with Gasteiger partial charge in [-0.1, -0.05) is 6.07 Å². The molecule has 1 heterocycles. The number of nitrogens with zero attached hydrogens (tertiary/aromatic N) is 2. The maximum atomic E-state index is 12.2. The number of benzene rings is 1. The maximum absolute atomic E-state index is 12.2. The Balaban J connectivity index is 2.00. The van der Waals surface area contributed by atoms with Crippen LogP contribution < -0.4 is 15.2 Å². The van der Waals surface area contributed by atoms with E-state index < -0.39 is 12.8 Å². The lowest BCUT2D eigenvalue weighted by molar-refractivity contribution is -0.153. The quantitative estimate of drug-likeness (QED) is 0.643. The average Bonchev–Trinajstić information content (AvgIpc) is 2.58. The molecule has 24 heavy (non-hydrogen) atoms. The number of alkyl halides is 3. The minimum atomic E-state index is -4.39. The molecule has 1 aliphatic heterocycles. The highest BCUT2D eigenvalue weighted by atomic mass is 32.2. The van der Waals surface area contributed by atoms with Gasteiger partial charge in [-0.25, -0.2) is 4.99 Å². The van der Waals surface area contributed by atoms with Gasteiger partial charge in [-0.3, -0.25) is 0 Å². The molecular formula is C15H20F3N3O2S. The van der Waals surface area contributed by atoms with Crippen molar-refractivity contribution in [3.8, 4) is 11.5 Å². The lowest BCUT2D eigenvalue weighted by atomic mass is 10.2. The molecule has 2 rings (SSSR count). The fourth-order valence-electron chi connectivity index (χ4n) is 2.15. The number of ether oxygens (including phenoxy) is 2. The van der Waals surface area contributed by atoms with Crippen LogP contribution >= 0.6 is 11.8 Å². The van der Waals surface area contributed by atoms with Crippen LogP contribution in [0.5, 0.6) is 11.5 Å². The first-order valence-electron chi connectivity index (χ1n) is 7.38. The largest absolute Gasteiger partial charge is 0.493 e. The number of aliphatic imine (C=N–C) groups is 1. The van der Waals surface area contributed by atoms with Crippen molar-refractivity contribution in [2.75, 3.05) is 38.3 Å². The van der Waals surface area contributed by atoms with Crippen molar-refractivity contribution < 1.29 is 22.6 Å². The number of methoxy groups -OCH3 is 1. The minimum absolute atomic E-state index is 0.0450. The summed E-state index contributed by atoms with van der Waals surface area (Å²) in [5, 5.41) is 0. The summed E-state index contributed by atoms with van der Waals surface area (Å²) in [6, 6.07) is 4.70. The van der Waals surface area contributed by atoms with Crippen LogP contribution in [0.25, 0.3) is 0 Å². The van der Waals surface area contributed by atoms with Crippen molar-refractivity contribution in [3.05, 3.63) is 23.8 Å². The molecule has 0 aliphatic carbocycles. The molecule has 5 nitrogen and oxygen atoms in total. The molecule has 0 saturated carbocycles.